The fourth-order valence-corrected chi connectivity index (χ4v) is 4.03. The average Bonchev–Trinajstić information content (AvgIpc) is 3.47. The molecule has 39 heavy (non-hydrogen) atoms. The van der Waals surface area contributed by atoms with Crippen LogP contribution >= 0.6 is 0 Å². The van der Waals surface area contributed by atoms with Gasteiger partial charge in [0.05, 0.1) is 24.9 Å². The number of ether oxygens (including phenoxy) is 1. The Bertz CT molecular complexity index is 1400. The zero-order valence-corrected chi connectivity index (χ0v) is 21.1. The van der Waals surface area contributed by atoms with Gasteiger partial charge in [-0.1, -0.05) is 42.5 Å². The lowest BCUT2D eigenvalue weighted by molar-refractivity contribution is -0.152. The maximum Gasteiger partial charge on any atom is 0.416 e. The van der Waals surface area contributed by atoms with Crippen LogP contribution in [0.15, 0.2) is 104 Å². The number of hydrogen-bond acceptors (Lipinski definition) is 4. The predicted molar refractivity (Wildman–Crippen MR) is 141 cm³/mol. The van der Waals surface area contributed by atoms with E-state index in [0.29, 0.717) is 5.56 Å². The first kappa shape index (κ1) is 27.4. The number of rotatable bonds is 9. The third-order valence-corrected chi connectivity index (χ3v) is 6.11. The summed E-state index contributed by atoms with van der Waals surface area (Å²) in [6, 6.07) is 20.2. The average molecular weight is 534 g/mol. The number of pyridine rings is 1. The van der Waals surface area contributed by atoms with Crippen molar-refractivity contribution in [3.63, 3.8) is 0 Å². The van der Waals surface area contributed by atoms with Crippen LogP contribution in [0.1, 0.15) is 16.7 Å². The number of halogens is 3. The summed E-state index contributed by atoms with van der Waals surface area (Å²) >= 11 is 0. The lowest BCUT2D eigenvalue weighted by Crippen LogP contribution is -2.46. The van der Waals surface area contributed by atoms with Gasteiger partial charge in [0.1, 0.15) is 6.04 Å². The standard InChI is InChI=1S/C30H26F3N3O3/c1-39-29(38)27(21-35-18-4-5-19-35)36(20-23-7-12-24(13-8-23)26-6-2-3-17-34-26)28(37)16-11-22-9-14-25(15-10-22)30(31,32)33/h2-19,27H,20-21H2,1H3/t27-/m0/s1. The molecule has 9 heteroatoms. The highest BCUT2D eigenvalue weighted by atomic mass is 19.4. The minimum Gasteiger partial charge on any atom is -0.467 e. The Morgan fingerprint density at radius 2 is 1.67 bits per heavy atom. The number of methoxy groups -OCH3 is 1. The first-order chi connectivity index (χ1) is 18.7. The van der Waals surface area contributed by atoms with E-state index < -0.39 is 29.7 Å². The molecule has 2 heterocycles. The number of carbonyl (C=O) groups excluding carboxylic acids is 2. The van der Waals surface area contributed by atoms with Crippen LogP contribution < -0.4 is 0 Å². The summed E-state index contributed by atoms with van der Waals surface area (Å²) in [5.74, 6) is -1.09. The van der Waals surface area contributed by atoms with Gasteiger partial charge in [0.15, 0.2) is 0 Å². The Morgan fingerprint density at radius 3 is 2.26 bits per heavy atom. The molecule has 0 saturated carbocycles. The van der Waals surface area contributed by atoms with E-state index in [4.69, 9.17) is 4.74 Å². The van der Waals surface area contributed by atoms with Crippen molar-refractivity contribution in [3.8, 4) is 11.3 Å². The van der Waals surface area contributed by atoms with Gasteiger partial charge in [-0.15, -0.1) is 0 Å². The molecule has 4 aromatic rings. The lowest BCUT2D eigenvalue weighted by Gasteiger charge is -2.29. The molecule has 0 aliphatic carbocycles. The van der Waals surface area contributed by atoms with Crippen molar-refractivity contribution in [2.45, 2.75) is 25.3 Å². The summed E-state index contributed by atoms with van der Waals surface area (Å²) in [5.41, 5.74) is 2.11. The van der Waals surface area contributed by atoms with Crippen LogP contribution in [0.5, 0.6) is 0 Å². The fraction of sp³-hybridized carbons (Fsp3) is 0.167. The molecule has 0 spiro atoms. The van der Waals surface area contributed by atoms with Gasteiger partial charge in [-0.05, 0) is 53.6 Å². The van der Waals surface area contributed by atoms with Crippen LogP contribution in [0.4, 0.5) is 13.2 Å². The first-order valence-corrected chi connectivity index (χ1v) is 12.1. The summed E-state index contributed by atoms with van der Waals surface area (Å²) in [7, 11) is 1.26. The first-order valence-electron chi connectivity index (χ1n) is 12.1. The van der Waals surface area contributed by atoms with Gasteiger partial charge in [0.2, 0.25) is 5.91 Å². The molecular weight excluding hydrogens is 507 g/mol. The van der Waals surface area contributed by atoms with Crippen LogP contribution in [0.25, 0.3) is 17.3 Å². The molecule has 0 aliphatic heterocycles. The maximum absolute atomic E-state index is 13.5. The molecule has 2 aromatic carbocycles. The van der Waals surface area contributed by atoms with Crippen molar-refractivity contribution in [2.75, 3.05) is 7.11 Å². The van der Waals surface area contributed by atoms with Crippen LogP contribution in [-0.4, -0.2) is 39.5 Å². The Labute approximate surface area is 224 Å². The molecule has 0 saturated heterocycles. The smallest absolute Gasteiger partial charge is 0.416 e. The van der Waals surface area contributed by atoms with Gasteiger partial charge in [-0.25, -0.2) is 4.79 Å². The number of hydrogen-bond donors (Lipinski definition) is 0. The van der Waals surface area contributed by atoms with Crippen molar-refractivity contribution >= 4 is 18.0 Å². The second-order valence-electron chi connectivity index (χ2n) is 8.75. The van der Waals surface area contributed by atoms with Crippen LogP contribution in [0.2, 0.25) is 0 Å². The van der Waals surface area contributed by atoms with E-state index in [9.17, 15) is 22.8 Å². The van der Waals surface area contributed by atoms with Crippen molar-refractivity contribution in [3.05, 3.63) is 120 Å². The van der Waals surface area contributed by atoms with Crippen LogP contribution in [0.3, 0.4) is 0 Å². The topological polar surface area (TPSA) is 64.4 Å². The summed E-state index contributed by atoms with van der Waals surface area (Å²) in [4.78, 5) is 32.0. The van der Waals surface area contributed by atoms with Crippen molar-refractivity contribution in [2.24, 2.45) is 0 Å². The van der Waals surface area contributed by atoms with E-state index in [-0.39, 0.29) is 13.1 Å². The molecule has 1 atom stereocenters. The number of benzene rings is 2. The molecule has 0 bridgehead atoms. The number of alkyl halides is 3. The number of carbonyl (C=O) groups is 2. The second-order valence-corrected chi connectivity index (χ2v) is 8.75. The van der Waals surface area contributed by atoms with Crippen LogP contribution in [-0.2, 0) is 33.6 Å². The fourth-order valence-electron chi connectivity index (χ4n) is 4.03. The van der Waals surface area contributed by atoms with Gasteiger partial charge in [-0.3, -0.25) is 9.78 Å². The predicted octanol–water partition coefficient (Wildman–Crippen LogP) is 5.85. The van der Waals surface area contributed by atoms with Gasteiger partial charge >= 0.3 is 12.1 Å². The molecule has 1 amide bonds. The molecular formula is C30H26F3N3O3. The summed E-state index contributed by atoms with van der Waals surface area (Å²) in [6.45, 7) is 0.255. The molecule has 6 nitrogen and oxygen atoms in total. The maximum atomic E-state index is 13.5. The molecule has 0 N–H and O–H groups in total. The van der Waals surface area contributed by atoms with Gasteiger partial charge in [0, 0.05) is 36.8 Å². The third kappa shape index (κ3) is 7.22. The minimum atomic E-state index is -4.45. The number of esters is 1. The van der Waals surface area contributed by atoms with E-state index in [1.54, 1.807) is 35.3 Å². The van der Waals surface area contributed by atoms with E-state index in [2.05, 4.69) is 4.98 Å². The highest BCUT2D eigenvalue weighted by Crippen LogP contribution is 2.29. The monoisotopic (exact) mass is 533 g/mol. The van der Waals surface area contributed by atoms with Gasteiger partial charge < -0.3 is 14.2 Å². The lowest BCUT2D eigenvalue weighted by atomic mass is 10.1. The van der Waals surface area contributed by atoms with E-state index in [0.717, 1.165) is 29.0 Å². The second kappa shape index (κ2) is 12.3. The zero-order chi connectivity index (χ0) is 27.8. The highest BCUT2D eigenvalue weighted by molar-refractivity contribution is 5.94. The van der Waals surface area contributed by atoms with E-state index in [1.165, 1.54) is 36.3 Å². The zero-order valence-electron chi connectivity index (χ0n) is 21.1. The molecule has 0 radical (unpaired) electrons. The largest absolute Gasteiger partial charge is 0.467 e. The molecule has 0 unspecified atom stereocenters. The van der Waals surface area contributed by atoms with E-state index >= 15 is 0 Å². The summed E-state index contributed by atoms with van der Waals surface area (Å²) < 4.78 is 45.5. The Hall–Kier alpha value is -4.66. The SMILES string of the molecule is COC(=O)[C@H](Cn1cccc1)N(Cc1ccc(-c2ccccn2)cc1)C(=O)C=Cc1ccc(C(F)(F)F)cc1. The molecule has 4 rings (SSSR count). The quantitative estimate of drug-likeness (QED) is 0.200. The third-order valence-electron chi connectivity index (χ3n) is 6.11. The Balaban J connectivity index is 1.61. The summed E-state index contributed by atoms with van der Waals surface area (Å²) in [6.07, 6.45) is 3.47. The molecule has 0 fully saturated rings. The highest BCUT2D eigenvalue weighted by Gasteiger charge is 2.31. The minimum absolute atomic E-state index is 0.0969. The number of nitrogens with zero attached hydrogens (tertiary/aromatic N) is 3. The molecule has 2 aromatic heterocycles. The van der Waals surface area contributed by atoms with E-state index in [1.807, 2.05) is 42.5 Å². The van der Waals surface area contributed by atoms with Crippen LogP contribution in [0, 0.1) is 0 Å². The number of aromatic nitrogens is 2. The van der Waals surface area contributed by atoms with Gasteiger partial charge in [0.25, 0.3) is 0 Å². The molecule has 0 aliphatic rings. The van der Waals surface area contributed by atoms with Crippen molar-refractivity contribution in [1.29, 1.82) is 0 Å². The Morgan fingerprint density at radius 1 is 0.974 bits per heavy atom. The van der Waals surface area contributed by atoms with Gasteiger partial charge in [-0.2, -0.15) is 13.2 Å². The Kier molecular flexibility index (Phi) is 8.60. The van der Waals surface area contributed by atoms with Crippen molar-refractivity contribution < 1.29 is 27.5 Å². The number of amides is 1. The van der Waals surface area contributed by atoms with Crippen molar-refractivity contribution in [1.82, 2.24) is 14.5 Å². The summed E-state index contributed by atoms with van der Waals surface area (Å²) in [5, 5.41) is 0. The molecule has 200 valence electrons. The normalized spacial score (nSPS) is 12.3.